The van der Waals surface area contributed by atoms with Gasteiger partial charge in [0.25, 0.3) is 0 Å². The Hall–Kier alpha value is -1.81. The molecular weight excluding hydrogens is 277 g/mol. The molecule has 0 saturated carbocycles. The van der Waals surface area contributed by atoms with Gasteiger partial charge in [-0.05, 0) is 23.8 Å². The number of halogens is 4. The first-order valence-electron chi connectivity index (χ1n) is 5.41. The van der Waals surface area contributed by atoms with Crippen LogP contribution in [0.5, 0.6) is 0 Å². The molecule has 2 aromatic carbocycles. The van der Waals surface area contributed by atoms with Crippen molar-refractivity contribution < 1.29 is 18.0 Å². The molecule has 0 heterocycles. The summed E-state index contributed by atoms with van der Waals surface area (Å²) in [5.41, 5.74) is -0.143. The highest BCUT2D eigenvalue weighted by Crippen LogP contribution is 2.22. The van der Waals surface area contributed by atoms with Gasteiger partial charge in [-0.25, -0.2) is 13.2 Å². The van der Waals surface area contributed by atoms with E-state index in [9.17, 15) is 18.0 Å². The van der Waals surface area contributed by atoms with Gasteiger partial charge in [0.1, 0.15) is 5.82 Å². The molecule has 0 amide bonds. The molecule has 0 saturated heterocycles. The zero-order valence-corrected chi connectivity index (χ0v) is 10.3. The smallest absolute Gasteiger partial charge is 0.168 e. The minimum Gasteiger partial charge on any atom is -0.294 e. The highest BCUT2D eigenvalue weighted by Gasteiger charge is 2.17. The summed E-state index contributed by atoms with van der Waals surface area (Å²) in [6.45, 7) is 0. The molecule has 0 spiro atoms. The maximum absolute atomic E-state index is 13.4. The number of carbonyl (C=O) groups excluding carboxylic acids is 1. The number of hydrogen-bond acceptors (Lipinski definition) is 1. The van der Waals surface area contributed by atoms with Gasteiger partial charge in [0.05, 0.1) is 5.02 Å². The normalized spacial score (nSPS) is 10.5. The first-order valence-corrected chi connectivity index (χ1v) is 5.78. The van der Waals surface area contributed by atoms with Crippen LogP contribution in [0.2, 0.25) is 5.02 Å². The van der Waals surface area contributed by atoms with Crippen LogP contribution >= 0.6 is 11.6 Å². The van der Waals surface area contributed by atoms with Crippen LogP contribution in [-0.4, -0.2) is 5.78 Å². The first kappa shape index (κ1) is 13.6. The molecule has 0 unspecified atom stereocenters. The number of carbonyl (C=O) groups is 1. The van der Waals surface area contributed by atoms with Crippen molar-refractivity contribution in [2.24, 2.45) is 0 Å². The summed E-state index contributed by atoms with van der Waals surface area (Å²) < 4.78 is 39.6. The molecule has 0 aromatic heterocycles. The van der Waals surface area contributed by atoms with Crippen molar-refractivity contribution in [2.45, 2.75) is 6.42 Å². The fourth-order valence-electron chi connectivity index (χ4n) is 1.67. The summed E-state index contributed by atoms with van der Waals surface area (Å²) in [5.74, 6) is -3.42. The zero-order chi connectivity index (χ0) is 14.0. The van der Waals surface area contributed by atoms with Gasteiger partial charge in [0.15, 0.2) is 17.4 Å². The SMILES string of the molecule is O=C(Cc1cccc(F)c1F)c1cccc(F)c1Cl. The third-order valence-corrected chi connectivity index (χ3v) is 3.02. The van der Waals surface area contributed by atoms with Gasteiger partial charge in [0.2, 0.25) is 0 Å². The van der Waals surface area contributed by atoms with E-state index in [1.165, 1.54) is 24.3 Å². The van der Waals surface area contributed by atoms with Crippen LogP contribution in [0, 0.1) is 17.5 Å². The largest absolute Gasteiger partial charge is 0.294 e. The van der Waals surface area contributed by atoms with Gasteiger partial charge in [-0.15, -0.1) is 0 Å². The minimum atomic E-state index is -1.08. The van der Waals surface area contributed by atoms with Crippen molar-refractivity contribution in [2.75, 3.05) is 0 Å². The number of benzene rings is 2. The van der Waals surface area contributed by atoms with Crippen molar-refractivity contribution in [1.82, 2.24) is 0 Å². The fourth-order valence-corrected chi connectivity index (χ4v) is 1.90. The van der Waals surface area contributed by atoms with Gasteiger partial charge in [0, 0.05) is 12.0 Å². The average Bonchev–Trinajstić information content (AvgIpc) is 2.38. The van der Waals surface area contributed by atoms with E-state index < -0.39 is 23.2 Å². The molecule has 0 aliphatic heterocycles. The molecule has 0 aliphatic rings. The Morgan fingerprint density at radius 1 is 1.00 bits per heavy atom. The second kappa shape index (κ2) is 5.45. The predicted octanol–water partition coefficient (Wildman–Crippen LogP) is 4.18. The monoisotopic (exact) mass is 284 g/mol. The van der Waals surface area contributed by atoms with E-state index in [1.807, 2.05) is 0 Å². The van der Waals surface area contributed by atoms with Crippen LogP contribution in [0.25, 0.3) is 0 Å². The highest BCUT2D eigenvalue weighted by atomic mass is 35.5. The van der Waals surface area contributed by atoms with Crippen LogP contribution in [0.15, 0.2) is 36.4 Å². The van der Waals surface area contributed by atoms with Crippen molar-refractivity contribution >= 4 is 17.4 Å². The first-order chi connectivity index (χ1) is 9.00. The van der Waals surface area contributed by atoms with Crippen LogP contribution in [-0.2, 0) is 6.42 Å². The Kier molecular flexibility index (Phi) is 3.90. The second-order valence-corrected chi connectivity index (χ2v) is 4.29. The summed E-state index contributed by atoms with van der Waals surface area (Å²) in [6, 6.07) is 7.33. The maximum atomic E-state index is 13.4. The molecule has 98 valence electrons. The molecule has 0 aliphatic carbocycles. The molecule has 2 rings (SSSR count). The third kappa shape index (κ3) is 2.79. The molecule has 5 heteroatoms. The number of ketones is 1. The van der Waals surface area contributed by atoms with Gasteiger partial charge in [-0.3, -0.25) is 4.79 Å². The van der Waals surface area contributed by atoms with Gasteiger partial charge in [-0.2, -0.15) is 0 Å². The van der Waals surface area contributed by atoms with E-state index in [-0.39, 0.29) is 22.6 Å². The zero-order valence-electron chi connectivity index (χ0n) is 9.59. The molecule has 2 aromatic rings. The summed E-state index contributed by atoms with van der Waals surface area (Å²) in [5, 5.41) is -0.315. The fraction of sp³-hybridized carbons (Fsp3) is 0.0714. The Morgan fingerprint density at radius 3 is 2.37 bits per heavy atom. The summed E-state index contributed by atoms with van der Waals surface area (Å²) in [7, 11) is 0. The molecule has 0 atom stereocenters. The lowest BCUT2D eigenvalue weighted by Crippen LogP contribution is -2.07. The Bertz CT molecular complexity index is 641. The van der Waals surface area contributed by atoms with Gasteiger partial charge >= 0.3 is 0 Å². The van der Waals surface area contributed by atoms with E-state index in [0.717, 1.165) is 12.1 Å². The molecular formula is C14H8ClF3O. The van der Waals surface area contributed by atoms with Crippen molar-refractivity contribution in [3.63, 3.8) is 0 Å². The summed E-state index contributed by atoms with van der Waals surface area (Å²) >= 11 is 5.66. The van der Waals surface area contributed by atoms with Crippen LogP contribution in [0.4, 0.5) is 13.2 Å². The molecule has 0 fully saturated rings. The predicted molar refractivity (Wildman–Crippen MR) is 65.8 cm³/mol. The van der Waals surface area contributed by atoms with Gasteiger partial charge in [-0.1, -0.05) is 29.8 Å². The molecule has 0 radical (unpaired) electrons. The standard InChI is InChI=1S/C14H8ClF3O/c15-13-9(4-2-5-10(13)16)12(19)7-8-3-1-6-11(17)14(8)18/h1-6H,7H2. The number of Topliss-reactive ketones (excluding diaryl/α,β-unsaturated/α-hetero) is 1. The van der Waals surface area contributed by atoms with E-state index in [4.69, 9.17) is 11.6 Å². The molecule has 0 bridgehead atoms. The van der Waals surface area contributed by atoms with Gasteiger partial charge < -0.3 is 0 Å². The number of hydrogen-bond donors (Lipinski definition) is 0. The van der Waals surface area contributed by atoms with E-state index in [1.54, 1.807) is 0 Å². The van der Waals surface area contributed by atoms with Crippen molar-refractivity contribution in [1.29, 1.82) is 0 Å². The maximum Gasteiger partial charge on any atom is 0.168 e. The lowest BCUT2D eigenvalue weighted by atomic mass is 10.0. The highest BCUT2D eigenvalue weighted by molar-refractivity contribution is 6.34. The average molecular weight is 285 g/mol. The molecule has 19 heavy (non-hydrogen) atoms. The molecule has 0 N–H and O–H groups in total. The lowest BCUT2D eigenvalue weighted by Gasteiger charge is -2.06. The quantitative estimate of drug-likeness (QED) is 0.773. The van der Waals surface area contributed by atoms with Crippen LogP contribution in [0.3, 0.4) is 0 Å². The summed E-state index contributed by atoms with van der Waals surface area (Å²) in [6.07, 6.45) is -0.382. The number of rotatable bonds is 3. The minimum absolute atomic E-state index is 0.0506. The van der Waals surface area contributed by atoms with E-state index in [2.05, 4.69) is 0 Å². The second-order valence-electron chi connectivity index (χ2n) is 3.91. The molecule has 1 nitrogen and oxygen atoms in total. The Labute approximate surface area is 112 Å². The van der Waals surface area contributed by atoms with Crippen LogP contribution < -0.4 is 0 Å². The van der Waals surface area contributed by atoms with Crippen molar-refractivity contribution in [3.05, 3.63) is 70.0 Å². The summed E-state index contributed by atoms with van der Waals surface area (Å²) in [4.78, 5) is 11.9. The topological polar surface area (TPSA) is 17.1 Å². The van der Waals surface area contributed by atoms with E-state index >= 15 is 0 Å². The Morgan fingerprint density at radius 2 is 1.63 bits per heavy atom. The van der Waals surface area contributed by atoms with Crippen molar-refractivity contribution in [3.8, 4) is 0 Å². The lowest BCUT2D eigenvalue weighted by molar-refractivity contribution is 0.0991. The van der Waals surface area contributed by atoms with Crippen LogP contribution in [0.1, 0.15) is 15.9 Å². The Balaban J connectivity index is 2.31. The van der Waals surface area contributed by atoms with E-state index in [0.29, 0.717) is 0 Å². The third-order valence-electron chi connectivity index (χ3n) is 2.63.